The maximum atomic E-state index is 10.6. The van der Waals surface area contributed by atoms with E-state index in [1.165, 1.54) is 0 Å². The molecule has 1 aromatic carbocycles. The number of benzene rings is 1. The number of ether oxygens (including phenoxy) is 1. The number of rotatable bonds is 6. The third-order valence-electron chi connectivity index (χ3n) is 3.87. The SMILES string of the molecule is COc1ccc(-c2cc(-c3ccc(CN[SH](=O)=O)cc3)cnc2N)cn1. The average molecular weight is 370 g/mol. The van der Waals surface area contributed by atoms with Crippen molar-refractivity contribution in [1.82, 2.24) is 14.7 Å². The van der Waals surface area contributed by atoms with Crippen LogP contribution in [0.1, 0.15) is 5.56 Å². The predicted molar refractivity (Wildman–Crippen MR) is 101 cm³/mol. The molecule has 2 aromatic heterocycles. The van der Waals surface area contributed by atoms with Gasteiger partial charge in [0.1, 0.15) is 5.82 Å². The molecule has 2 heterocycles. The number of anilines is 1. The Morgan fingerprint density at radius 2 is 1.69 bits per heavy atom. The summed E-state index contributed by atoms with van der Waals surface area (Å²) >= 11 is 0. The fourth-order valence-corrected chi connectivity index (χ4v) is 2.81. The molecule has 0 saturated heterocycles. The largest absolute Gasteiger partial charge is 0.481 e. The van der Waals surface area contributed by atoms with Gasteiger partial charge in [-0.2, -0.15) is 0 Å². The third kappa shape index (κ3) is 4.16. The molecule has 3 N–H and O–H groups in total. The van der Waals surface area contributed by atoms with Gasteiger partial charge in [0.15, 0.2) is 0 Å². The average Bonchev–Trinajstić information content (AvgIpc) is 2.67. The minimum atomic E-state index is -2.60. The fourth-order valence-electron chi connectivity index (χ4n) is 2.50. The summed E-state index contributed by atoms with van der Waals surface area (Å²) in [6, 6.07) is 13.2. The summed E-state index contributed by atoms with van der Waals surface area (Å²) < 4.78 is 28.6. The molecular weight excluding hydrogens is 352 g/mol. The monoisotopic (exact) mass is 370 g/mol. The molecule has 3 aromatic rings. The molecule has 134 valence electrons. The number of nitrogens with two attached hydrogens (primary N) is 1. The van der Waals surface area contributed by atoms with Crippen LogP contribution in [0.5, 0.6) is 5.88 Å². The van der Waals surface area contributed by atoms with Gasteiger partial charge in [0.05, 0.1) is 7.11 Å². The van der Waals surface area contributed by atoms with Crippen LogP contribution in [-0.2, 0) is 17.4 Å². The minimum absolute atomic E-state index is 0.266. The van der Waals surface area contributed by atoms with Gasteiger partial charge in [0.25, 0.3) is 0 Å². The van der Waals surface area contributed by atoms with Gasteiger partial charge in [0, 0.05) is 41.7 Å². The van der Waals surface area contributed by atoms with E-state index in [4.69, 9.17) is 10.5 Å². The van der Waals surface area contributed by atoms with Crippen LogP contribution in [0.4, 0.5) is 5.82 Å². The van der Waals surface area contributed by atoms with Crippen molar-refractivity contribution in [3.05, 3.63) is 60.4 Å². The Bertz CT molecular complexity index is 963. The van der Waals surface area contributed by atoms with Crippen LogP contribution >= 0.6 is 0 Å². The number of thiol groups is 1. The Morgan fingerprint density at radius 1 is 1.00 bits per heavy atom. The van der Waals surface area contributed by atoms with Gasteiger partial charge in [-0.05, 0) is 23.3 Å². The molecule has 0 aliphatic rings. The summed E-state index contributed by atoms with van der Waals surface area (Å²) in [7, 11) is -1.04. The molecule has 0 unspecified atom stereocenters. The minimum Gasteiger partial charge on any atom is -0.481 e. The smallest absolute Gasteiger partial charge is 0.212 e. The van der Waals surface area contributed by atoms with Crippen molar-refractivity contribution in [1.29, 1.82) is 0 Å². The molecule has 0 aliphatic heterocycles. The highest BCUT2D eigenvalue weighted by molar-refractivity contribution is 7.70. The molecule has 0 aliphatic carbocycles. The highest BCUT2D eigenvalue weighted by atomic mass is 32.2. The van der Waals surface area contributed by atoms with Gasteiger partial charge in [0.2, 0.25) is 16.8 Å². The van der Waals surface area contributed by atoms with Crippen LogP contribution in [0.3, 0.4) is 0 Å². The van der Waals surface area contributed by atoms with E-state index < -0.39 is 10.9 Å². The van der Waals surface area contributed by atoms with Gasteiger partial charge < -0.3 is 10.5 Å². The van der Waals surface area contributed by atoms with Gasteiger partial charge in [-0.1, -0.05) is 24.3 Å². The van der Waals surface area contributed by atoms with E-state index in [-0.39, 0.29) is 6.54 Å². The number of nitrogens with one attached hydrogen (secondary N) is 1. The standard InChI is InChI=1S/C18H18N4O3S/c1-25-17-7-6-14(10-20-17)16-8-15(11-21-18(16)19)13-4-2-12(3-5-13)9-22-26(23)24/h2-8,10-11,26H,9H2,1H3,(H2,19,21)(H,22,23,24). The van der Waals surface area contributed by atoms with Crippen molar-refractivity contribution in [2.45, 2.75) is 6.54 Å². The summed E-state index contributed by atoms with van der Waals surface area (Å²) in [5.41, 5.74) is 10.4. The number of pyridine rings is 2. The molecule has 7 nitrogen and oxygen atoms in total. The van der Waals surface area contributed by atoms with Crippen LogP contribution in [-0.4, -0.2) is 25.5 Å². The second-order valence-corrected chi connectivity index (χ2v) is 6.37. The first kappa shape index (κ1) is 17.8. The molecule has 0 radical (unpaired) electrons. The molecule has 0 bridgehead atoms. The lowest BCUT2D eigenvalue weighted by Gasteiger charge is -2.09. The Labute approximate surface area is 153 Å². The highest BCUT2D eigenvalue weighted by Gasteiger charge is 2.08. The van der Waals surface area contributed by atoms with Crippen LogP contribution in [0.2, 0.25) is 0 Å². The summed E-state index contributed by atoms with van der Waals surface area (Å²) in [6.45, 7) is 0.266. The van der Waals surface area contributed by atoms with Crippen molar-refractivity contribution in [2.24, 2.45) is 0 Å². The maximum Gasteiger partial charge on any atom is 0.212 e. The number of aromatic nitrogens is 2. The molecule has 0 amide bonds. The van der Waals surface area contributed by atoms with Crippen molar-refractivity contribution < 1.29 is 13.2 Å². The topological polar surface area (TPSA) is 107 Å². The molecule has 0 saturated carbocycles. The Balaban J connectivity index is 1.89. The highest BCUT2D eigenvalue weighted by Crippen LogP contribution is 2.30. The molecule has 3 rings (SSSR count). The molecule has 0 atom stereocenters. The Kier molecular flexibility index (Phi) is 5.45. The normalized spacial score (nSPS) is 10.8. The van der Waals surface area contributed by atoms with Crippen molar-refractivity contribution in [3.63, 3.8) is 0 Å². The van der Waals surface area contributed by atoms with E-state index in [2.05, 4.69) is 14.7 Å². The number of methoxy groups -OCH3 is 1. The second-order valence-electron chi connectivity index (χ2n) is 5.53. The number of hydrogen-bond acceptors (Lipinski definition) is 6. The Morgan fingerprint density at radius 3 is 2.31 bits per heavy atom. The lowest BCUT2D eigenvalue weighted by atomic mass is 10.0. The Hall–Kier alpha value is -2.97. The van der Waals surface area contributed by atoms with E-state index >= 15 is 0 Å². The van der Waals surface area contributed by atoms with Gasteiger partial charge in [-0.25, -0.2) is 23.1 Å². The molecular formula is C18H18N4O3S. The van der Waals surface area contributed by atoms with Gasteiger partial charge >= 0.3 is 0 Å². The lowest BCUT2D eigenvalue weighted by molar-refractivity contribution is 0.398. The molecule has 0 spiro atoms. The fraction of sp³-hybridized carbons (Fsp3) is 0.111. The third-order valence-corrected chi connectivity index (χ3v) is 4.29. The summed E-state index contributed by atoms with van der Waals surface area (Å²) in [4.78, 5) is 8.48. The first-order valence-corrected chi connectivity index (χ1v) is 8.97. The van der Waals surface area contributed by atoms with Crippen LogP contribution < -0.4 is 15.2 Å². The van der Waals surface area contributed by atoms with Crippen molar-refractivity contribution in [3.8, 4) is 28.1 Å². The van der Waals surface area contributed by atoms with E-state index in [9.17, 15) is 8.42 Å². The summed E-state index contributed by atoms with van der Waals surface area (Å²) in [6.07, 6.45) is 3.40. The molecule has 0 fully saturated rings. The molecule has 26 heavy (non-hydrogen) atoms. The summed E-state index contributed by atoms with van der Waals surface area (Å²) in [5, 5.41) is 0. The predicted octanol–water partition coefficient (Wildman–Crippen LogP) is 2.02. The zero-order chi connectivity index (χ0) is 18.5. The van der Waals surface area contributed by atoms with Crippen LogP contribution in [0.25, 0.3) is 22.3 Å². The van der Waals surface area contributed by atoms with Gasteiger partial charge in [-0.15, -0.1) is 0 Å². The van der Waals surface area contributed by atoms with Gasteiger partial charge in [-0.3, -0.25) is 0 Å². The van der Waals surface area contributed by atoms with E-state index in [1.54, 1.807) is 25.6 Å². The zero-order valence-electron chi connectivity index (χ0n) is 14.0. The zero-order valence-corrected chi connectivity index (χ0v) is 14.9. The quantitative estimate of drug-likeness (QED) is 0.573. The first-order chi connectivity index (χ1) is 12.6. The molecule has 8 heteroatoms. The first-order valence-electron chi connectivity index (χ1n) is 7.80. The number of nitrogens with zero attached hydrogens (tertiary/aromatic N) is 2. The second kappa shape index (κ2) is 7.94. The van der Waals surface area contributed by atoms with Crippen molar-refractivity contribution >= 4 is 16.7 Å². The number of hydrogen-bond donors (Lipinski definition) is 3. The lowest BCUT2D eigenvalue weighted by Crippen LogP contribution is -2.09. The van der Waals surface area contributed by atoms with E-state index in [1.807, 2.05) is 36.4 Å². The van der Waals surface area contributed by atoms with Crippen LogP contribution in [0.15, 0.2) is 54.9 Å². The number of nitrogen functional groups attached to an aromatic ring is 1. The van der Waals surface area contributed by atoms with E-state index in [0.717, 1.165) is 27.8 Å². The summed E-state index contributed by atoms with van der Waals surface area (Å²) in [5.74, 6) is 0.946. The maximum absolute atomic E-state index is 10.6. The van der Waals surface area contributed by atoms with E-state index in [0.29, 0.717) is 11.7 Å². The van der Waals surface area contributed by atoms with Crippen molar-refractivity contribution in [2.75, 3.05) is 12.8 Å². The van der Waals surface area contributed by atoms with Crippen LogP contribution in [0, 0.1) is 0 Å².